The Morgan fingerprint density at radius 2 is 1.75 bits per heavy atom. The molecule has 1 heterocycles. The number of nitrogens with zero attached hydrogens (tertiary/aromatic N) is 3. The van der Waals surface area contributed by atoms with E-state index < -0.39 is 0 Å². The topological polar surface area (TPSA) is 62.7 Å². The average molecular weight is 381 g/mol. The summed E-state index contributed by atoms with van der Waals surface area (Å²) >= 11 is 18.1. The second-order valence-corrected chi connectivity index (χ2v) is 6.25. The minimum Gasteiger partial charge on any atom is -0.339 e. The van der Waals surface area contributed by atoms with Gasteiger partial charge in [0.2, 0.25) is 5.95 Å². The van der Waals surface area contributed by atoms with E-state index in [1.165, 1.54) is 6.20 Å². The Labute approximate surface area is 154 Å². The van der Waals surface area contributed by atoms with Crippen molar-refractivity contribution in [3.63, 3.8) is 0 Å². The highest BCUT2D eigenvalue weighted by Crippen LogP contribution is 2.27. The summed E-state index contributed by atoms with van der Waals surface area (Å²) in [4.78, 5) is 4.35. The third-order valence-electron chi connectivity index (χ3n) is 3.18. The molecule has 0 aliphatic carbocycles. The Bertz CT molecular complexity index is 885. The Kier molecular flexibility index (Phi) is 5.04. The Morgan fingerprint density at radius 3 is 2.50 bits per heavy atom. The van der Waals surface area contributed by atoms with Crippen molar-refractivity contribution in [3.05, 3.63) is 63.2 Å². The molecule has 0 aliphatic rings. The first-order valence-electron chi connectivity index (χ1n) is 6.96. The zero-order chi connectivity index (χ0) is 17.1. The lowest BCUT2D eigenvalue weighted by molar-refractivity contribution is 0.982. The molecule has 8 heteroatoms. The number of hydrogen-bond acceptors (Lipinski definition) is 5. The van der Waals surface area contributed by atoms with Crippen molar-refractivity contribution in [1.82, 2.24) is 15.2 Å². The monoisotopic (exact) mass is 379 g/mol. The maximum absolute atomic E-state index is 6.13. The summed E-state index contributed by atoms with van der Waals surface area (Å²) in [5, 5.41) is 15.7. The van der Waals surface area contributed by atoms with Gasteiger partial charge in [0, 0.05) is 15.7 Å². The molecular formula is C16H12Cl3N5. The van der Waals surface area contributed by atoms with Gasteiger partial charge >= 0.3 is 0 Å². The number of aromatic nitrogens is 3. The molecule has 0 saturated heterocycles. The quantitative estimate of drug-likeness (QED) is 0.614. The molecule has 0 unspecified atom stereocenters. The number of hydrogen-bond donors (Lipinski definition) is 2. The van der Waals surface area contributed by atoms with E-state index in [4.69, 9.17) is 34.8 Å². The molecule has 0 radical (unpaired) electrons. The van der Waals surface area contributed by atoms with E-state index in [0.717, 1.165) is 11.3 Å². The molecule has 0 atom stereocenters. The molecule has 3 aromatic rings. The van der Waals surface area contributed by atoms with Crippen LogP contribution in [0.2, 0.25) is 15.1 Å². The largest absolute Gasteiger partial charge is 0.339 e. The highest BCUT2D eigenvalue weighted by Gasteiger charge is 2.06. The standard InChI is InChI=1S/C16H12Cl3N5/c1-9-2-4-11(7-12(9)18)21-15-8-20-24-16(23-15)22-14-5-3-10(17)6-13(14)19/h2-8H,1H3,(H2,21,22,23,24). The van der Waals surface area contributed by atoms with Crippen LogP contribution in [0.15, 0.2) is 42.6 Å². The molecule has 2 aromatic carbocycles. The molecule has 5 nitrogen and oxygen atoms in total. The Hall–Kier alpha value is -2.08. The van der Waals surface area contributed by atoms with Crippen LogP contribution in [0.25, 0.3) is 0 Å². The fourth-order valence-electron chi connectivity index (χ4n) is 1.95. The summed E-state index contributed by atoms with van der Waals surface area (Å²) in [6, 6.07) is 10.8. The molecule has 2 N–H and O–H groups in total. The lowest BCUT2D eigenvalue weighted by Crippen LogP contribution is -2.02. The van der Waals surface area contributed by atoms with Crippen molar-refractivity contribution in [1.29, 1.82) is 0 Å². The number of rotatable bonds is 4. The summed E-state index contributed by atoms with van der Waals surface area (Å²) in [6.07, 6.45) is 1.52. The molecule has 3 rings (SSSR count). The van der Waals surface area contributed by atoms with Gasteiger partial charge in [0.1, 0.15) is 0 Å². The van der Waals surface area contributed by atoms with E-state index >= 15 is 0 Å². The van der Waals surface area contributed by atoms with Crippen LogP contribution >= 0.6 is 34.8 Å². The molecule has 1 aromatic heterocycles. The SMILES string of the molecule is Cc1ccc(Nc2cnnc(Nc3ccc(Cl)cc3Cl)n2)cc1Cl. The predicted molar refractivity (Wildman–Crippen MR) is 99.0 cm³/mol. The molecule has 0 fully saturated rings. The summed E-state index contributed by atoms with van der Waals surface area (Å²) in [6.45, 7) is 1.94. The summed E-state index contributed by atoms with van der Waals surface area (Å²) in [5.74, 6) is 0.833. The minimum absolute atomic E-state index is 0.308. The first-order valence-corrected chi connectivity index (χ1v) is 8.09. The number of nitrogens with one attached hydrogen (secondary N) is 2. The van der Waals surface area contributed by atoms with E-state index in [-0.39, 0.29) is 0 Å². The maximum Gasteiger partial charge on any atom is 0.249 e. The smallest absolute Gasteiger partial charge is 0.249 e. The van der Waals surface area contributed by atoms with E-state index in [1.807, 2.05) is 25.1 Å². The van der Waals surface area contributed by atoms with E-state index in [0.29, 0.717) is 32.5 Å². The molecule has 24 heavy (non-hydrogen) atoms. The van der Waals surface area contributed by atoms with Gasteiger partial charge < -0.3 is 10.6 Å². The van der Waals surface area contributed by atoms with Gasteiger partial charge in [-0.15, -0.1) is 5.10 Å². The van der Waals surface area contributed by atoms with Crippen molar-refractivity contribution in [2.24, 2.45) is 0 Å². The number of benzene rings is 2. The van der Waals surface area contributed by atoms with Crippen LogP contribution in [0.4, 0.5) is 23.1 Å². The van der Waals surface area contributed by atoms with Crippen molar-refractivity contribution in [3.8, 4) is 0 Å². The van der Waals surface area contributed by atoms with Gasteiger partial charge in [-0.3, -0.25) is 0 Å². The van der Waals surface area contributed by atoms with Crippen molar-refractivity contribution in [2.45, 2.75) is 6.92 Å². The van der Waals surface area contributed by atoms with Gasteiger partial charge in [0.15, 0.2) is 5.82 Å². The predicted octanol–water partition coefficient (Wildman–Crippen LogP) is 5.63. The lowest BCUT2D eigenvalue weighted by atomic mass is 10.2. The Balaban J connectivity index is 1.79. The van der Waals surface area contributed by atoms with E-state index in [2.05, 4.69) is 25.8 Å². The molecule has 0 aliphatic heterocycles. The van der Waals surface area contributed by atoms with Crippen LogP contribution < -0.4 is 10.6 Å². The summed E-state index contributed by atoms with van der Waals surface area (Å²) in [7, 11) is 0. The highest BCUT2D eigenvalue weighted by atomic mass is 35.5. The normalized spacial score (nSPS) is 10.5. The second kappa shape index (κ2) is 7.21. The van der Waals surface area contributed by atoms with Crippen molar-refractivity contribution < 1.29 is 0 Å². The van der Waals surface area contributed by atoms with E-state index in [9.17, 15) is 0 Å². The molecule has 0 bridgehead atoms. The van der Waals surface area contributed by atoms with Gasteiger partial charge in [-0.25, -0.2) is 0 Å². The fourth-order valence-corrected chi connectivity index (χ4v) is 2.58. The average Bonchev–Trinajstić information content (AvgIpc) is 2.54. The molecule has 0 amide bonds. The van der Waals surface area contributed by atoms with Gasteiger partial charge in [-0.2, -0.15) is 10.1 Å². The fraction of sp³-hybridized carbons (Fsp3) is 0.0625. The van der Waals surface area contributed by atoms with Crippen LogP contribution in [-0.4, -0.2) is 15.2 Å². The third kappa shape index (κ3) is 4.06. The second-order valence-electron chi connectivity index (χ2n) is 5.00. The van der Waals surface area contributed by atoms with Gasteiger partial charge in [0.25, 0.3) is 0 Å². The summed E-state index contributed by atoms with van der Waals surface area (Å²) < 4.78 is 0. The van der Waals surface area contributed by atoms with Crippen LogP contribution in [0.5, 0.6) is 0 Å². The Morgan fingerprint density at radius 1 is 0.917 bits per heavy atom. The minimum atomic E-state index is 0.308. The van der Waals surface area contributed by atoms with E-state index in [1.54, 1.807) is 18.2 Å². The molecule has 0 spiro atoms. The van der Waals surface area contributed by atoms with Crippen molar-refractivity contribution >= 4 is 57.9 Å². The zero-order valence-corrected chi connectivity index (χ0v) is 14.8. The highest BCUT2D eigenvalue weighted by molar-refractivity contribution is 6.36. The summed E-state index contributed by atoms with van der Waals surface area (Å²) in [5.41, 5.74) is 2.45. The number of anilines is 4. The third-order valence-corrected chi connectivity index (χ3v) is 4.14. The first-order chi connectivity index (χ1) is 11.5. The van der Waals surface area contributed by atoms with Gasteiger partial charge in [-0.05, 0) is 42.8 Å². The molecule has 0 saturated carbocycles. The van der Waals surface area contributed by atoms with Crippen LogP contribution in [0, 0.1) is 6.92 Å². The van der Waals surface area contributed by atoms with Crippen LogP contribution in [-0.2, 0) is 0 Å². The molecule has 122 valence electrons. The number of halogens is 3. The molecular weight excluding hydrogens is 369 g/mol. The van der Waals surface area contributed by atoms with Crippen molar-refractivity contribution in [2.75, 3.05) is 10.6 Å². The van der Waals surface area contributed by atoms with Crippen LogP contribution in [0.3, 0.4) is 0 Å². The first kappa shape index (κ1) is 16.8. The zero-order valence-electron chi connectivity index (χ0n) is 12.5. The van der Waals surface area contributed by atoms with Gasteiger partial charge in [0.05, 0.1) is 16.9 Å². The lowest BCUT2D eigenvalue weighted by Gasteiger charge is -2.09. The van der Waals surface area contributed by atoms with Gasteiger partial charge in [-0.1, -0.05) is 40.9 Å². The van der Waals surface area contributed by atoms with Crippen LogP contribution in [0.1, 0.15) is 5.56 Å². The number of aryl methyl sites for hydroxylation is 1. The maximum atomic E-state index is 6.13.